The van der Waals surface area contributed by atoms with Crippen LogP contribution in [0.5, 0.6) is 11.5 Å². The van der Waals surface area contributed by atoms with Crippen LogP contribution in [0.25, 0.3) is 0 Å². The molecule has 2 nitrogen and oxygen atoms in total. The quantitative estimate of drug-likeness (QED) is 0.715. The van der Waals surface area contributed by atoms with Crippen LogP contribution in [0.15, 0.2) is 30.3 Å². The van der Waals surface area contributed by atoms with Gasteiger partial charge in [-0.15, -0.1) is 11.6 Å². The third kappa shape index (κ3) is 3.07. The van der Waals surface area contributed by atoms with Gasteiger partial charge in [0.1, 0.15) is 17.6 Å². The maximum Gasteiger partial charge on any atom is 0.145 e. The van der Waals surface area contributed by atoms with E-state index in [0.29, 0.717) is 22.9 Å². The van der Waals surface area contributed by atoms with E-state index in [1.165, 1.54) is 0 Å². The molecule has 0 atom stereocenters. The SMILES string of the molecule is Cc1cc(Oc2ccc(CCl)cc2C#N)cc(C)c1Cl. The molecule has 0 saturated heterocycles. The van der Waals surface area contributed by atoms with Crippen LogP contribution in [0, 0.1) is 25.2 Å². The minimum atomic E-state index is 0.369. The van der Waals surface area contributed by atoms with Crippen LogP contribution in [-0.4, -0.2) is 0 Å². The van der Waals surface area contributed by atoms with Gasteiger partial charge in [0, 0.05) is 10.9 Å². The Labute approximate surface area is 128 Å². The Hall–Kier alpha value is -1.69. The van der Waals surface area contributed by atoms with E-state index in [1.54, 1.807) is 12.1 Å². The van der Waals surface area contributed by atoms with Gasteiger partial charge in [-0.25, -0.2) is 0 Å². The number of alkyl halides is 1. The van der Waals surface area contributed by atoms with E-state index < -0.39 is 0 Å². The number of rotatable bonds is 3. The number of nitriles is 1. The summed E-state index contributed by atoms with van der Waals surface area (Å²) in [5.74, 6) is 1.55. The summed E-state index contributed by atoms with van der Waals surface area (Å²) in [7, 11) is 0. The number of aryl methyl sites for hydroxylation is 2. The molecule has 0 N–H and O–H groups in total. The third-order valence-electron chi connectivity index (χ3n) is 2.96. The maximum atomic E-state index is 9.18. The molecule has 0 unspecified atom stereocenters. The zero-order valence-corrected chi connectivity index (χ0v) is 12.7. The summed E-state index contributed by atoms with van der Waals surface area (Å²) >= 11 is 11.9. The summed E-state index contributed by atoms with van der Waals surface area (Å²) in [5.41, 5.74) is 3.24. The molecule has 0 heterocycles. The fourth-order valence-corrected chi connectivity index (χ4v) is 2.20. The molecule has 0 amide bonds. The van der Waals surface area contributed by atoms with Gasteiger partial charge in [0.05, 0.1) is 5.56 Å². The first-order valence-corrected chi connectivity index (χ1v) is 7.00. The Balaban J connectivity index is 2.38. The van der Waals surface area contributed by atoms with Crippen molar-refractivity contribution in [3.05, 3.63) is 57.6 Å². The highest BCUT2D eigenvalue weighted by atomic mass is 35.5. The molecule has 0 radical (unpaired) electrons. The molecule has 0 fully saturated rings. The highest BCUT2D eigenvalue weighted by molar-refractivity contribution is 6.32. The van der Waals surface area contributed by atoms with Crippen LogP contribution in [-0.2, 0) is 5.88 Å². The normalized spacial score (nSPS) is 10.2. The average Bonchev–Trinajstić information content (AvgIpc) is 2.45. The van der Waals surface area contributed by atoms with Gasteiger partial charge < -0.3 is 4.74 Å². The zero-order chi connectivity index (χ0) is 14.7. The molecule has 0 aliphatic heterocycles. The second-order valence-corrected chi connectivity index (χ2v) is 5.19. The van der Waals surface area contributed by atoms with E-state index in [2.05, 4.69) is 6.07 Å². The molecule has 0 saturated carbocycles. The number of ether oxygens (including phenoxy) is 1. The standard InChI is InChI=1S/C16H13Cl2NO/c1-10-5-14(6-11(2)16(10)18)20-15-4-3-12(8-17)7-13(15)9-19/h3-7H,8H2,1-2H3. The van der Waals surface area contributed by atoms with E-state index in [9.17, 15) is 5.26 Å². The number of hydrogen-bond acceptors (Lipinski definition) is 2. The van der Waals surface area contributed by atoms with Gasteiger partial charge >= 0.3 is 0 Å². The molecular weight excluding hydrogens is 293 g/mol. The number of hydrogen-bond donors (Lipinski definition) is 0. The number of halogens is 2. The van der Waals surface area contributed by atoms with Crippen molar-refractivity contribution < 1.29 is 4.74 Å². The second-order valence-electron chi connectivity index (χ2n) is 4.55. The van der Waals surface area contributed by atoms with Gasteiger partial charge in [-0.05, 0) is 54.8 Å². The first-order chi connectivity index (χ1) is 9.55. The lowest BCUT2D eigenvalue weighted by molar-refractivity contribution is 0.480. The maximum absolute atomic E-state index is 9.18. The summed E-state index contributed by atoms with van der Waals surface area (Å²) in [6, 6.07) is 11.2. The van der Waals surface area contributed by atoms with E-state index in [-0.39, 0.29) is 0 Å². The lowest BCUT2D eigenvalue weighted by Gasteiger charge is -2.11. The van der Waals surface area contributed by atoms with Gasteiger partial charge in [0.25, 0.3) is 0 Å². The summed E-state index contributed by atoms with van der Waals surface area (Å²) in [4.78, 5) is 0. The average molecular weight is 306 g/mol. The van der Waals surface area contributed by atoms with Crippen LogP contribution in [0.4, 0.5) is 0 Å². The van der Waals surface area contributed by atoms with Crippen molar-refractivity contribution in [1.82, 2.24) is 0 Å². The summed E-state index contributed by atoms with van der Waals surface area (Å²) in [5, 5.41) is 9.91. The topological polar surface area (TPSA) is 33.0 Å². The first-order valence-electron chi connectivity index (χ1n) is 6.08. The van der Waals surface area contributed by atoms with Crippen molar-refractivity contribution in [2.45, 2.75) is 19.7 Å². The van der Waals surface area contributed by atoms with Gasteiger partial charge in [-0.2, -0.15) is 5.26 Å². The molecule has 2 aromatic rings. The summed E-state index contributed by atoms with van der Waals surface area (Å²) in [6.07, 6.45) is 0. The predicted molar refractivity (Wildman–Crippen MR) is 81.7 cm³/mol. The fraction of sp³-hybridized carbons (Fsp3) is 0.188. The highest BCUT2D eigenvalue weighted by Crippen LogP contribution is 2.31. The molecular formula is C16H13Cl2NO. The predicted octanol–water partition coefficient (Wildman–Crippen LogP) is 5.36. The second kappa shape index (κ2) is 6.17. The highest BCUT2D eigenvalue weighted by Gasteiger charge is 2.08. The van der Waals surface area contributed by atoms with Gasteiger partial charge in [-0.1, -0.05) is 17.7 Å². The Morgan fingerprint density at radius 2 is 1.80 bits per heavy atom. The van der Waals surface area contributed by atoms with Crippen LogP contribution in [0.3, 0.4) is 0 Å². The van der Waals surface area contributed by atoms with Crippen molar-refractivity contribution >= 4 is 23.2 Å². The molecule has 102 valence electrons. The molecule has 2 rings (SSSR count). The Morgan fingerprint density at radius 3 is 2.35 bits per heavy atom. The largest absolute Gasteiger partial charge is 0.456 e. The van der Waals surface area contributed by atoms with Crippen LogP contribution < -0.4 is 4.74 Å². The number of nitrogens with zero attached hydrogens (tertiary/aromatic N) is 1. The molecule has 0 bridgehead atoms. The van der Waals surface area contributed by atoms with Crippen molar-refractivity contribution in [3.8, 4) is 17.6 Å². The Kier molecular flexibility index (Phi) is 4.54. The van der Waals surface area contributed by atoms with Crippen LogP contribution in [0.2, 0.25) is 5.02 Å². The number of benzene rings is 2. The van der Waals surface area contributed by atoms with E-state index in [1.807, 2.05) is 32.0 Å². The first kappa shape index (κ1) is 14.7. The molecule has 4 heteroatoms. The van der Waals surface area contributed by atoms with Crippen LogP contribution in [0.1, 0.15) is 22.3 Å². The molecule has 0 spiro atoms. The van der Waals surface area contributed by atoms with E-state index >= 15 is 0 Å². The van der Waals surface area contributed by atoms with E-state index in [4.69, 9.17) is 27.9 Å². The lowest BCUT2D eigenvalue weighted by Crippen LogP contribution is -1.92. The molecule has 0 aliphatic rings. The monoisotopic (exact) mass is 305 g/mol. The minimum Gasteiger partial charge on any atom is -0.456 e. The van der Waals surface area contributed by atoms with Crippen LogP contribution >= 0.6 is 23.2 Å². The molecule has 2 aromatic carbocycles. The van der Waals surface area contributed by atoms with Crippen molar-refractivity contribution in [1.29, 1.82) is 5.26 Å². The van der Waals surface area contributed by atoms with Gasteiger partial charge in [0.2, 0.25) is 0 Å². The third-order valence-corrected chi connectivity index (χ3v) is 3.86. The van der Waals surface area contributed by atoms with Crippen molar-refractivity contribution in [3.63, 3.8) is 0 Å². The summed E-state index contributed by atoms with van der Waals surface area (Å²) < 4.78 is 5.79. The Morgan fingerprint density at radius 1 is 1.15 bits per heavy atom. The zero-order valence-electron chi connectivity index (χ0n) is 11.2. The summed E-state index contributed by atoms with van der Waals surface area (Å²) in [6.45, 7) is 3.84. The van der Waals surface area contributed by atoms with Gasteiger partial charge in [0.15, 0.2) is 0 Å². The molecule has 20 heavy (non-hydrogen) atoms. The minimum absolute atomic E-state index is 0.369. The smallest absolute Gasteiger partial charge is 0.145 e. The Bertz CT molecular complexity index is 666. The fourth-order valence-electron chi connectivity index (χ4n) is 1.93. The van der Waals surface area contributed by atoms with E-state index in [0.717, 1.165) is 21.7 Å². The van der Waals surface area contributed by atoms with Crippen molar-refractivity contribution in [2.24, 2.45) is 0 Å². The van der Waals surface area contributed by atoms with Gasteiger partial charge in [-0.3, -0.25) is 0 Å². The van der Waals surface area contributed by atoms with Crippen molar-refractivity contribution in [2.75, 3.05) is 0 Å². The molecule has 0 aromatic heterocycles. The lowest BCUT2D eigenvalue weighted by atomic mass is 10.1. The molecule has 0 aliphatic carbocycles.